The van der Waals surface area contributed by atoms with Crippen LogP contribution in [0.15, 0.2) is 34.3 Å². The molecule has 26 heavy (non-hydrogen) atoms. The van der Waals surface area contributed by atoms with Crippen LogP contribution >= 0.6 is 11.8 Å². The van der Waals surface area contributed by atoms with E-state index in [1.165, 1.54) is 30.9 Å². The van der Waals surface area contributed by atoms with Crippen molar-refractivity contribution in [3.8, 4) is 11.4 Å². The Labute approximate surface area is 149 Å². The molecule has 0 unspecified atom stereocenters. The number of alkyl halides is 6. The zero-order valence-electron chi connectivity index (χ0n) is 13.3. The molecule has 0 bridgehead atoms. The van der Waals surface area contributed by atoms with Crippen LogP contribution in [0.3, 0.4) is 0 Å². The second kappa shape index (κ2) is 6.80. The molecule has 0 saturated carbocycles. The number of hydrogen-bond acceptors (Lipinski definition) is 4. The predicted molar refractivity (Wildman–Crippen MR) is 83.3 cm³/mol. The lowest BCUT2D eigenvalue weighted by Crippen LogP contribution is -2.14. The van der Waals surface area contributed by atoms with E-state index in [2.05, 4.69) is 4.98 Å². The summed E-state index contributed by atoms with van der Waals surface area (Å²) in [6.45, 7) is 1.19. The van der Waals surface area contributed by atoms with Crippen LogP contribution in [0.25, 0.3) is 11.4 Å². The summed E-state index contributed by atoms with van der Waals surface area (Å²) in [6, 6.07) is 0.639. The second-order valence-corrected chi connectivity index (χ2v) is 8.51. The van der Waals surface area contributed by atoms with Crippen molar-refractivity contribution >= 4 is 21.6 Å². The molecule has 144 valence electrons. The maximum absolute atomic E-state index is 13.1. The molecule has 0 spiro atoms. The van der Waals surface area contributed by atoms with Crippen molar-refractivity contribution in [1.29, 1.82) is 0 Å². The molecule has 0 atom stereocenters. The minimum atomic E-state index is -5.01. The standard InChI is InChI=1S/C14H12F6N2O2S2/c1-3-26(23,24)10-7-8(13(15,16)17)6-9(25-14(18,19)20)11(10)12-21-4-5-22(12)2/h4-7H,3H2,1-2H3. The van der Waals surface area contributed by atoms with Gasteiger partial charge in [0.05, 0.1) is 16.2 Å². The Morgan fingerprint density at radius 3 is 2.19 bits per heavy atom. The Morgan fingerprint density at radius 1 is 1.15 bits per heavy atom. The number of rotatable bonds is 4. The minimum Gasteiger partial charge on any atom is -0.334 e. The normalized spacial score (nSPS) is 13.2. The van der Waals surface area contributed by atoms with Crippen molar-refractivity contribution in [3.63, 3.8) is 0 Å². The molecule has 1 heterocycles. The molecule has 0 saturated heterocycles. The highest BCUT2D eigenvalue weighted by Crippen LogP contribution is 2.46. The van der Waals surface area contributed by atoms with Crippen molar-refractivity contribution in [2.45, 2.75) is 28.4 Å². The van der Waals surface area contributed by atoms with E-state index in [-0.39, 0.29) is 11.9 Å². The fourth-order valence-corrected chi connectivity index (χ4v) is 4.12. The maximum atomic E-state index is 13.1. The quantitative estimate of drug-likeness (QED) is 0.542. The van der Waals surface area contributed by atoms with Gasteiger partial charge in [0.15, 0.2) is 9.84 Å². The van der Waals surface area contributed by atoms with Gasteiger partial charge in [0.1, 0.15) is 5.82 Å². The number of thioether (sulfide) groups is 1. The van der Waals surface area contributed by atoms with Crippen LogP contribution in [0.5, 0.6) is 0 Å². The fraction of sp³-hybridized carbons (Fsp3) is 0.357. The highest BCUT2D eigenvalue weighted by atomic mass is 32.2. The number of aromatic nitrogens is 2. The molecule has 2 aromatic rings. The number of benzene rings is 1. The molecule has 1 aromatic carbocycles. The van der Waals surface area contributed by atoms with E-state index in [1.807, 2.05) is 0 Å². The smallest absolute Gasteiger partial charge is 0.334 e. The van der Waals surface area contributed by atoms with Gasteiger partial charge in [-0.15, -0.1) is 0 Å². The van der Waals surface area contributed by atoms with Crippen molar-refractivity contribution in [2.75, 3.05) is 5.75 Å². The summed E-state index contributed by atoms with van der Waals surface area (Å²) in [5.74, 6) is -0.764. The van der Waals surface area contributed by atoms with Gasteiger partial charge in [-0.2, -0.15) is 26.3 Å². The highest BCUT2D eigenvalue weighted by molar-refractivity contribution is 8.00. The van der Waals surface area contributed by atoms with Crippen molar-refractivity contribution < 1.29 is 34.8 Å². The molecule has 1 aromatic heterocycles. The summed E-state index contributed by atoms with van der Waals surface area (Å²) < 4.78 is 104. The summed E-state index contributed by atoms with van der Waals surface area (Å²) in [6.07, 6.45) is -2.46. The monoisotopic (exact) mass is 418 g/mol. The summed E-state index contributed by atoms with van der Waals surface area (Å²) in [4.78, 5) is 2.10. The van der Waals surface area contributed by atoms with E-state index >= 15 is 0 Å². The van der Waals surface area contributed by atoms with E-state index in [9.17, 15) is 34.8 Å². The molecule has 0 N–H and O–H groups in total. The van der Waals surface area contributed by atoms with Crippen LogP contribution in [-0.4, -0.2) is 29.2 Å². The molecule has 0 aliphatic heterocycles. The number of hydrogen-bond donors (Lipinski definition) is 0. The molecule has 0 aliphatic carbocycles. The largest absolute Gasteiger partial charge is 0.446 e. The van der Waals surface area contributed by atoms with E-state index in [1.54, 1.807) is 0 Å². The molecule has 0 amide bonds. The third-order valence-electron chi connectivity index (χ3n) is 3.38. The average Bonchev–Trinajstić information content (AvgIpc) is 2.89. The minimum absolute atomic E-state index is 0.183. The van der Waals surface area contributed by atoms with E-state index in [4.69, 9.17) is 0 Å². The van der Waals surface area contributed by atoms with Gasteiger partial charge in [0, 0.05) is 29.9 Å². The topological polar surface area (TPSA) is 52.0 Å². The van der Waals surface area contributed by atoms with Gasteiger partial charge in [-0.1, -0.05) is 6.92 Å². The van der Waals surface area contributed by atoms with Crippen molar-refractivity contribution in [2.24, 2.45) is 7.05 Å². The molecule has 12 heteroatoms. The fourth-order valence-electron chi connectivity index (χ4n) is 2.19. The van der Waals surface area contributed by atoms with Crippen LogP contribution in [0.2, 0.25) is 0 Å². The van der Waals surface area contributed by atoms with Gasteiger partial charge in [-0.25, -0.2) is 13.4 Å². The zero-order chi connectivity index (χ0) is 19.9. The molecule has 0 aliphatic rings. The van der Waals surface area contributed by atoms with Gasteiger partial charge < -0.3 is 4.57 Å². The Hall–Kier alpha value is -1.69. The lowest BCUT2D eigenvalue weighted by atomic mass is 10.1. The van der Waals surface area contributed by atoms with Crippen molar-refractivity contribution in [3.05, 3.63) is 30.1 Å². The van der Waals surface area contributed by atoms with Crippen molar-refractivity contribution in [1.82, 2.24) is 9.55 Å². The van der Waals surface area contributed by atoms with Gasteiger partial charge in [0.25, 0.3) is 0 Å². The van der Waals surface area contributed by atoms with Gasteiger partial charge in [-0.05, 0) is 23.9 Å². The van der Waals surface area contributed by atoms with Gasteiger partial charge in [0.2, 0.25) is 0 Å². The first-order valence-corrected chi connectivity index (χ1v) is 9.44. The van der Waals surface area contributed by atoms with E-state index < -0.39 is 60.0 Å². The number of halogens is 6. The van der Waals surface area contributed by atoms with Crippen LogP contribution in [-0.2, 0) is 23.1 Å². The van der Waals surface area contributed by atoms with E-state index in [0.717, 1.165) is 0 Å². The summed E-state index contributed by atoms with van der Waals surface area (Å²) >= 11 is -0.812. The SMILES string of the molecule is CCS(=O)(=O)c1cc(C(F)(F)F)cc(SC(F)(F)F)c1-c1nccn1C. The maximum Gasteiger partial charge on any atom is 0.446 e. The first-order chi connectivity index (χ1) is 11.8. The molecular weight excluding hydrogens is 406 g/mol. The molecule has 4 nitrogen and oxygen atoms in total. The summed E-state index contributed by atoms with van der Waals surface area (Å²) in [5, 5.41) is 0. The zero-order valence-corrected chi connectivity index (χ0v) is 14.9. The number of nitrogens with zero attached hydrogens (tertiary/aromatic N) is 2. The lowest BCUT2D eigenvalue weighted by molar-refractivity contribution is -0.137. The molecule has 0 fully saturated rings. The molecular formula is C14H12F6N2O2S2. The summed E-state index contributed by atoms with van der Waals surface area (Å²) in [5.41, 5.74) is -6.90. The first-order valence-electron chi connectivity index (χ1n) is 6.97. The van der Waals surface area contributed by atoms with Crippen LogP contribution < -0.4 is 0 Å². The van der Waals surface area contributed by atoms with Crippen LogP contribution in [0.4, 0.5) is 26.3 Å². The number of sulfone groups is 1. The van der Waals surface area contributed by atoms with Crippen LogP contribution in [0, 0.1) is 0 Å². The summed E-state index contributed by atoms with van der Waals surface area (Å²) in [7, 11) is -2.87. The Kier molecular flexibility index (Phi) is 5.39. The first kappa shape index (κ1) is 20.6. The van der Waals surface area contributed by atoms with Gasteiger partial charge in [-0.3, -0.25) is 0 Å². The van der Waals surface area contributed by atoms with Crippen LogP contribution in [0.1, 0.15) is 12.5 Å². The van der Waals surface area contributed by atoms with E-state index in [0.29, 0.717) is 6.07 Å². The lowest BCUT2D eigenvalue weighted by Gasteiger charge is -2.18. The second-order valence-electron chi connectivity index (χ2n) is 5.16. The Morgan fingerprint density at radius 2 is 1.77 bits per heavy atom. The number of imidazole rings is 1. The Balaban J connectivity index is 2.95. The van der Waals surface area contributed by atoms with Gasteiger partial charge >= 0.3 is 11.7 Å². The highest BCUT2D eigenvalue weighted by Gasteiger charge is 2.38. The molecule has 2 rings (SSSR count). The third-order valence-corrected chi connectivity index (χ3v) is 5.90. The number of aryl methyl sites for hydroxylation is 1. The Bertz CT molecular complexity index is 916. The predicted octanol–water partition coefficient (Wildman–Crippen LogP) is 4.51. The average molecular weight is 418 g/mol. The molecule has 0 radical (unpaired) electrons. The third kappa shape index (κ3) is 4.34.